The molecule has 22 heavy (non-hydrogen) atoms. The Morgan fingerprint density at radius 1 is 1.27 bits per heavy atom. The summed E-state index contributed by atoms with van der Waals surface area (Å²) in [5.74, 6) is 0.00387. The van der Waals surface area contributed by atoms with Crippen LogP contribution in [0, 0.1) is 27.7 Å². The van der Waals surface area contributed by atoms with Crippen LogP contribution >= 0.6 is 11.8 Å². The molecule has 0 spiro atoms. The third-order valence-corrected chi connectivity index (χ3v) is 5.04. The molecule has 118 valence electrons. The highest BCUT2D eigenvalue weighted by atomic mass is 32.2. The number of aromatic nitrogens is 2. The van der Waals surface area contributed by atoms with Crippen molar-refractivity contribution in [1.29, 1.82) is 0 Å². The number of hydrogen-bond acceptors (Lipinski definition) is 3. The minimum atomic E-state index is -0.166. The third kappa shape index (κ3) is 3.53. The van der Waals surface area contributed by atoms with Gasteiger partial charge < -0.3 is 5.32 Å². The van der Waals surface area contributed by atoms with Gasteiger partial charge in [-0.3, -0.25) is 9.48 Å². The van der Waals surface area contributed by atoms with Gasteiger partial charge in [-0.25, -0.2) is 0 Å². The SMILES string of the molecule is Cc1ccc(S[C@H](C)C(=O)Nc2c(C)nn(C)c2C)c(C)c1. The summed E-state index contributed by atoms with van der Waals surface area (Å²) in [4.78, 5) is 13.6. The fraction of sp³-hybridized carbons (Fsp3) is 0.412. The molecule has 1 heterocycles. The number of anilines is 1. The Balaban J connectivity index is 2.09. The number of thioether (sulfide) groups is 1. The van der Waals surface area contributed by atoms with E-state index in [1.54, 1.807) is 16.4 Å². The van der Waals surface area contributed by atoms with Crippen LogP contribution in [0.15, 0.2) is 23.1 Å². The van der Waals surface area contributed by atoms with E-state index in [2.05, 4.69) is 42.5 Å². The summed E-state index contributed by atoms with van der Waals surface area (Å²) in [6.45, 7) is 9.95. The minimum absolute atomic E-state index is 0.00387. The number of aryl methyl sites for hydroxylation is 4. The lowest BCUT2D eigenvalue weighted by atomic mass is 10.2. The first kappa shape index (κ1) is 16.6. The number of nitrogens with one attached hydrogen (secondary N) is 1. The molecule has 1 aromatic carbocycles. The van der Waals surface area contributed by atoms with Crippen molar-refractivity contribution in [2.24, 2.45) is 7.05 Å². The Kier molecular flexibility index (Phi) is 4.96. The van der Waals surface area contributed by atoms with Crippen LogP contribution in [0.5, 0.6) is 0 Å². The Morgan fingerprint density at radius 2 is 1.95 bits per heavy atom. The molecule has 1 atom stereocenters. The molecule has 0 aliphatic rings. The van der Waals surface area contributed by atoms with Crippen molar-refractivity contribution in [2.45, 2.75) is 44.8 Å². The van der Waals surface area contributed by atoms with Crippen LogP contribution in [-0.4, -0.2) is 20.9 Å². The van der Waals surface area contributed by atoms with Crippen LogP contribution in [0.25, 0.3) is 0 Å². The lowest BCUT2D eigenvalue weighted by Crippen LogP contribution is -2.23. The smallest absolute Gasteiger partial charge is 0.237 e. The van der Waals surface area contributed by atoms with E-state index in [0.717, 1.165) is 22.0 Å². The van der Waals surface area contributed by atoms with Crippen LogP contribution < -0.4 is 5.32 Å². The molecule has 0 aliphatic heterocycles. The number of hydrogen-bond donors (Lipinski definition) is 1. The number of benzene rings is 1. The molecule has 0 fully saturated rings. The first-order valence-electron chi connectivity index (χ1n) is 7.34. The Hall–Kier alpha value is -1.75. The maximum atomic E-state index is 12.4. The highest BCUT2D eigenvalue weighted by Gasteiger charge is 2.19. The van der Waals surface area contributed by atoms with Crippen molar-refractivity contribution in [3.63, 3.8) is 0 Å². The average Bonchev–Trinajstić information content (AvgIpc) is 2.68. The maximum Gasteiger partial charge on any atom is 0.237 e. The van der Waals surface area contributed by atoms with E-state index in [1.165, 1.54) is 11.1 Å². The minimum Gasteiger partial charge on any atom is -0.322 e. The fourth-order valence-corrected chi connectivity index (χ4v) is 3.29. The van der Waals surface area contributed by atoms with Crippen molar-refractivity contribution >= 4 is 23.4 Å². The van der Waals surface area contributed by atoms with Crippen molar-refractivity contribution < 1.29 is 4.79 Å². The largest absolute Gasteiger partial charge is 0.322 e. The summed E-state index contributed by atoms with van der Waals surface area (Å²) in [5.41, 5.74) is 5.08. The van der Waals surface area contributed by atoms with E-state index in [4.69, 9.17) is 0 Å². The zero-order valence-corrected chi connectivity index (χ0v) is 14.8. The summed E-state index contributed by atoms with van der Waals surface area (Å²) in [6, 6.07) is 6.30. The van der Waals surface area contributed by atoms with Crippen LogP contribution in [0.4, 0.5) is 5.69 Å². The number of carbonyl (C=O) groups is 1. The second-order valence-corrected chi connectivity index (χ2v) is 7.07. The van der Waals surface area contributed by atoms with Crippen molar-refractivity contribution in [3.8, 4) is 0 Å². The van der Waals surface area contributed by atoms with Gasteiger partial charge in [0.15, 0.2) is 0 Å². The molecular formula is C17H23N3OS. The van der Waals surface area contributed by atoms with Gasteiger partial charge in [0, 0.05) is 11.9 Å². The normalized spacial score (nSPS) is 12.3. The summed E-state index contributed by atoms with van der Waals surface area (Å²) in [6.07, 6.45) is 0. The summed E-state index contributed by atoms with van der Waals surface area (Å²) in [7, 11) is 1.88. The van der Waals surface area contributed by atoms with Gasteiger partial charge in [-0.2, -0.15) is 5.10 Å². The highest BCUT2D eigenvalue weighted by molar-refractivity contribution is 8.00. The second kappa shape index (κ2) is 6.57. The molecule has 5 heteroatoms. The Labute approximate surface area is 136 Å². The Morgan fingerprint density at radius 3 is 2.50 bits per heavy atom. The van der Waals surface area contributed by atoms with Crippen LogP contribution in [0.2, 0.25) is 0 Å². The average molecular weight is 317 g/mol. The number of carbonyl (C=O) groups excluding carboxylic acids is 1. The van der Waals surface area contributed by atoms with Gasteiger partial charge in [-0.05, 0) is 46.2 Å². The van der Waals surface area contributed by atoms with Crippen LogP contribution in [-0.2, 0) is 11.8 Å². The number of nitrogens with zero attached hydrogens (tertiary/aromatic N) is 2. The zero-order chi connectivity index (χ0) is 16.4. The molecule has 1 amide bonds. The van der Waals surface area contributed by atoms with Gasteiger partial charge >= 0.3 is 0 Å². The first-order valence-corrected chi connectivity index (χ1v) is 8.22. The van der Waals surface area contributed by atoms with Gasteiger partial charge in [-0.1, -0.05) is 17.7 Å². The molecule has 1 aromatic heterocycles. The third-order valence-electron chi connectivity index (χ3n) is 3.76. The molecule has 0 aliphatic carbocycles. The maximum absolute atomic E-state index is 12.4. The molecule has 0 radical (unpaired) electrons. The zero-order valence-electron chi connectivity index (χ0n) is 14.0. The van der Waals surface area contributed by atoms with Crippen LogP contribution in [0.3, 0.4) is 0 Å². The predicted octanol–water partition coefficient (Wildman–Crippen LogP) is 3.77. The van der Waals surface area contributed by atoms with Crippen LogP contribution in [0.1, 0.15) is 29.4 Å². The summed E-state index contributed by atoms with van der Waals surface area (Å²) < 4.78 is 1.78. The van der Waals surface area contributed by atoms with Gasteiger partial charge in [0.2, 0.25) is 5.91 Å². The summed E-state index contributed by atoms with van der Waals surface area (Å²) >= 11 is 1.59. The van der Waals surface area contributed by atoms with Crippen molar-refractivity contribution in [3.05, 3.63) is 40.7 Å². The molecule has 0 saturated heterocycles. The van der Waals surface area contributed by atoms with E-state index in [-0.39, 0.29) is 11.2 Å². The standard InChI is InChI=1S/C17H23N3OS/c1-10-7-8-15(11(2)9-10)22-14(5)17(21)18-16-12(3)19-20(6)13(16)4/h7-9,14H,1-6H3,(H,18,21)/t14-/m1/s1. The first-order chi connectivity index (χ1) is 10.3. The molecule has 4 nitrogen and oxygen atoms in total. The molecule has 0 unspecified atom stereocenters. The van der Waals surface area contributed by atoms with Gasteiger partial charge in [-0.15, -0.1) is 11.8 Å². The lowest BCUT2D eigenvalue weighted by Gasteiger charge is -2.14. The molecule has 0 bridgehead atoms. The monoisotopic (exact) mass is 317 g/mol. The van der Waals surface area contributed by atoms with E-state index < -0.39 is 0 Å². The van der Waals surface area contributed by atoms with E-state index >= 15 is 0 Å². The van der Waals surface area contributed by atoms with Gasteiger partial charge in [0.1, 0.15) is 0 Å². The van der Waals surface area contributed by atoms with Crippen molar-refractivity contribution in [1.82, 2.24) is 9.78 Å². The van der Waals surface area contributed by atoms with E-state index in [0.29, 0.717) is 0 Å². The quantitative estimate of drug-likeness (QED) is 0.873. The molecular weight excluding hydrogens is 294 g/mol. The fourth-order valence-electron chi connectivity index (χ4n) is 2.35. The Bertz CT molecular complexity index is 706. The molecule has 1 N–H and O–H groups in total. The number of amides is 1. The van der Waals surface area contributed by atoms with Crippen molar-refractivity contribution in [2.75, 3.05) is 5.32 Å². The van der Waals surface area contributed by atoms with Gasteiger partial charge in [0.05, 0.1) is 22.3 Å². The summed E-state index contributed by atoms with van der Waals surface area (Å²) in [5, 5.41) is 7.17. The van der Waals surface area contributed by atoms with E-state index in [9.17, 15) is 4.79 Å². The predicted molar refractivity (Wildman–Crippen MR) is 92.5 cm³/mol. The highest BCUT2D eigenvalue weighted by Crippen LogP contribution is 2.28. The molecule has 0 saturated carbocycles. The lowest BCUT2D eigenvalue weighted by molar-refractivity contribution is -0.115. The topological polar surface area (TPSA) is 46.9 Å². The number of rotatable bonds is 4. The van der Waals surface area contributed by atoms with Gasteiger partial charge in [0.25, 0.3) is 0 Å². The van der Waals surface area contributed by atoms with E-state index in [1.807, 2.05) is 27.8 Å². The molecule has 2 rings (SSSR count). The second-order valence-electron chi connectivity index (χ2n) is 5.69. The molecule has 2 aromatic rings.